The van der Waals surface area contributed by atoms with Crippen LogP contribution < -0.4 is 0 Å². The Morgan fingerprint density at radius 2 is 1.83 bits per heavy atom. The van der Waals surface area contributed by atoms with Crippen LogP contribution in [0.4, 0.5) is 0 Å². The first-order valence-corrected chi connectivity index (χ1v) is 8.56. The van der Waals surface area contributed by atoms with Gasteiger partial charge in [0.25, 0.3) is 0 Å². The molecule has 2 saturated heterocycles. The molecule has 3 heterocycles. The molecule has 2 fully saturated rings. The van der Waals surface area contributed by atoms with Gasteiger partial charge in [-0.1, -0.05) is 0 Å². The van der Waals surface area contributed by atoms with Crippen molar-refractivity contribution in [2.45, 2.75) is 20.0 Å². The highest BCUT2D eigenvalue weighted by molar-refractivity contribution is 5.78. The van der Waals surface area contributed by atoms with Crippen molar-refractivity contribution in [3.05, 3.63) is 18.2 Å². The van der Waals surface area contributed by atoms with Gasteiger partial charge in [-0.05, 0) is 6.92 Å². The fraction of sp³-hybridized carbons (Fsp3) is 0.750. The van der Waals surface area contributed by atoms with Crippen molar-refractivity contribution in [2.75, 3.05) is 59.0 Å². The predicted molar refractivity (Wildman–Crippen MR) is 87.0 cm³/mol. The number of aryl methyl sites for hydroxylation is 1. The molecule has 2 aliphatic rings. The van der Waals surface area contributed by atoms with E-state index in [2.05, 4.69) is 26.3 Å². The SMILES string of the molecule is CCn1ccnc1CN1CCN(CC(=O)N2CCOCC2)CC1. The number of carbonyl (C=O) groups excluding carboxylic acids is 1. The molecule has 3 rings (SSSR count). The molecule has 0 atom stereocenters. The summed E-state index contributed by atoms with van der Waals surface area (Å²) in [6, 6.07) is 0. The average Bonchev–Trinajstić information content (AvgIpc) is 3.04. The minimum Gasteiger partial charge on any atom is -0.378 e. The zero-order valence-electron chi connectivity index (χ0n) is 14.0. The van der Waals surface area contributed by atoms with E-state index in [0.29, 0.717) is 19.8 Å². The maximum Gasteiger partial charge on any atom is 0.236 e. The number of hydrogen-bond donors (Lipinski definition) is 0. The van der Waals surface area contributed by atoms with Gasteiger partial charge in [0.05, 0.1) is 26.3 Å². The van der Waals surface area contributed by atoms with Crippen molar-refractivity contribution in [1.29, 1.82) is 0 Å². The lowest BCUT2D eigenvalue weighted by molar-refractivity contribution is -0.136. The second-order valence-electron chi connectivity index (χ2n) is 6.17. The van der Waals surface area contributed by atoms with Gasteiger partial charge in [-0.15, -0.1) is 0 Å². The standard InChI is InChI=1S/C16H27N5O2/c1-2-20-4-3-17-15(20)13-18-5-7-19(8-6-18)14-16(22)21-9-11-23-12-10-21/h3-4H,2,5-14H2,1H3. The smallest absolute Gasteiger partial charge is 0.236 e. The minimum atomic E-state index is 0.239. The molecule has 128 valence electrons. The van der Waals surface area contributed by atoms with Crippen molar-refractivity contribution >= 4 is 5.91 Å². The molecule has 0 spiro atoms. The third-order valence-electron chi connectivity index (χ3n) is 4.69. The first kappa shape index (κ1) is 16.4. The van der Waals surface area contributed by atoms with E-state index < -0.39 is 0 Å². The van der Waals surface area contributed by atoms with Gasteiger partial charge in [-0.2, -0.15) is 0 Å². The number of morpholine rings is 1. The summed E-state index contributed by atoms with van der Waals surface area (Å²) in [4.78, 5) is 23.3. The first-order chi connectivity index (χ1) is 11.3. The van der Waals surface area contributed by atoms with Gasteiger partial charge in [0.2, 0.25) is 5.91 Å². The number of aromatic nitrogens is 2. The second-order valence-corrected chi connectivity index (χ2v) is 6.17. The number of nitrogens with zero attached hydrogens (tertiary/aromatic N) is 5. The maximum absolute atomic E-state index is 12.3. The van der Waals surface area contributed by atoms with Crippen molar-refractivity contribution < 1.29 is 9.53 Å². The van der Waals surface area contributed by atoms with Crippen LogP contribution in [0.2, 0.25) is 0 Å². The number of amides is 1. The fourth-order valence-electron chi connectivity index (χ4n) is 3.19. The van der Waals surface area contributed by atoms with Crippen LogP contribution in [0.3, 0.4) is 0 Å². The Labute approximate surface area is 137 Å². The monoisotopic (exact) mass is 321 g/mol. The number of carbonyl (C=O) groups is 1. The summed E-state index contributed by atoms with van der Waals surface area (Å²) in [6.45, 7) is 11.2. The zero-order chi connectivity index (χ0) is 16.1. The summed E-state index contributed by atoms with van der Waals surface area (Å²) in [5, 5.41) is 0. The van der Waals surface area contributed by atoms with Gasteiger partial charge in [0.1, 0.15) is 5.82 Å². The van der Waals surface area contributed by atoms with Gasteiger partial charge in [0.15, 0.2) is 0 Å². The molecule has 23 heavy (non-hydrogen) atoms. The lowest BCUT2D eigenvalue weighted by Crippen LogP contribution is -2.51. The van der Waals surface area contributed by atoms with E-state index in [1.54, 1.807) is 0 Å². The summed E-state index contributed by atoms with van der Waals surface area (Å²) in [7, 11) is 0. The van der Waals surface area contributed by atoms with Crippen molar-refractivity contribution in [1.82, 2.24) is 24.3 Å². The van der Waals surface area contributed by atoms with E-state index in [1.165, 1.54) is 0 Å². The average molecular weight is 321 g/mol. The molecule has 1 aromatic heterocycles. The highest BCUT2D eigenvalue weighted by Gasteiger charge is 2.23. The molecule has 0 N–H and O–H groups in total. The van der Waals surface area contributed by atoms with Gasteiger partial charge in [0, 0.05) is 58.2 Å². The Bertz CT molecular complexity index is 504. The lowest BCUT2D eigenvalue weighted by atomic mass is 10.3. The third-order valence-corrected chi connectivity index (χ3v) is 4.69. The van der Waals surface area contributed by atoms with E-state index in [0.717, 1.165) is 58.2 Å². The fourth-order valence-corrected chi connectivity index (χ4v) is 3.19. The predicted octanol–water partition coefficient (Wildman–Crippen LogP) is -0.121. The second kappa shape index (κ2) is 7.90. The highest BCUT2D eigenvalue weighted by atomic mass is 16.5. The van der Waals surface area contributed by atoms with Crippen molar-refractivity contribution in [3.63, 3.8) is 0 Å². The maximum atomic E-state index is 12.3. The van der Waals surface area contributed by atoms with Gasteiger partial charge in [-0.3, -0.25) is 14.6 Å². The van der Waals surface area contributed by atoms with Crippen LogP contribution >= 0.6 is 0 Å². The van der Waals surface area contributed by atoms with Gasteiger partial charge >= 0.3 is 0 Å². The Kier molecular flexibility index (Phi) is 5.64. The lowest BCUT2D eigenvalue weighted by Gasteiger charge is -2.35. The Balaban J connectivity index is 1.42. The highest BCUT2D eigenvalue weighted by Crippen LogP contribution is 2.08. The largest absolute Gasteiger partial charge is 0.378 e. The summed E-state index contributed by atoms with van der Waals surface area (Å²) in [5.74, 6) is 1.37. The molecule has 1 amide bonds. The molecule has 2 aliphatic heterocycles. The number of rotatable bonds is 5. The third kappa shape index (κ3) is 4.31. The van der Waals surface area contributed by atoms with Crippen LogP contribution in [0.5, 0.6) is 0 Å². The van der Waals surface area contributed by atoms with E-state index in [9.17, 15) is 4.79 Å². The molecule has 7 nitrogen and oxygen atoms in total. The number of hydrogen-bond acceptors (Lipinski definition) is 5. The van der Waals surface area contributed by atoms with Crippen LogP contribution in [-0.2, 0) is 22.6 Å². The summed E-state index contributed by atoms with van der Waals surface area (Å²) in [5.41, 5.74) is 0. The number of imidazole rings is 1. The molecule has 7 heteroatoms. The van der Waals surface area contributed by atoms with Crippen LogP contribution in [-0.4, -0.2) is 89.2 Å². The Hall–Kier alpha value is -1.44. The summed E-state index contributed by atoms with van der Waals surface area (Å²) >= 11 is 0. The normalized spacial score (nSPS) is 20.8. The molecule has 0 saturated carbocycles. The molecule has 0 radical (unpaired) electrons. The molecule has 0 bridgehead atoms. The molecular weight excluding hydrogens is 294 g/mol. The summed E-state index contributed by atoms with van der Waals surface area (Å²) < 4.78 is 7.49. The van der Waals surface area contributed by atoms with Crippen molar-refractivity contribution in [2.24, 2.45) is 0 Å². The van der Waals surface area contributed by atoms with Crippen LogP contribution in [0.25, 0.3) is 0 Å². The molecular formula is C16H27N5O2. The van der Waals surface area contributed by atoms with Gasteiger partial charge in [-0.25, -0.2) is 4.98 Å². The molecule has 0 unspecified atom stereocenters. The minimum absolute atomic E-state index is 0.239. The van der Waals surface area contributed by atoms with Crippen LogP contribution in [0.1, 0.15) is 12.7 Å². The zero-order valence-corrected chi connectivity index (χ0v) is 14.0. The molecule has 1 aromatic rings. The van der Waals surface area contributed by atoms with E-state index in [1.807, 2.05) is 17.3 Å². The van der Waals surface area contributed by atoms with E-state index in [4.69, 9.17) is 4.74 Å². The quantitative estimate of drug-likeness (QED) is 0.757. The first-order valence-electron chi connectivity index (χ1n) is 8.56. The van der Waals surface area contributed by atoms with E-state index >= 15 is 0 Å². The number of piperazine rings is 1. The van der Waals surface area contributed by atoms with Crippen LogP contribution in [0, 0.1) is 0 Å². The van der Waals surface area contributed by atoms with E-state index in [-0.39, 0.29) is 5.91 Å². The van der Waals surface area contributed by atoms with Crippen molar-refractivity contribution in [3.8, 4) is 0 Å². The number of ether oxygens (including phenoxy) is 1. The van der Waals surface area contributed by atoms with Crippen LogP contribution in [0.15, 0.2) is 12.4 Å². The van der Waals surface area contributed by atoms with Gasteiger partial charge < -0.3 is 14.2 Å². The molecule has 0 aromatic carbocycles. The Morgan fingerprint density at radius 1 is 1.13 bits per heavy atom. The summed E-state index contributed by atoms with van der Waals surface area (Å²) in [6.07, 6.45) is 3.91. The topological polar surface area (TPSA) is 53.8 Å². The Morgan fingerprint density at radius 3 is 2.52 bits per heavy atom. The molecule has 0 aliphatic carbocycles.